The van der Waals surface area contributed by atoms with Crippen molar-refractivity contribution >= 4 is 83.7 Å². The Labute approximate surface area is 785 Å². The van der Waals surface area contributed by atoms with Crippen LogP contribution < -0.4 is 11.1 Å². The quantitative estimate of drug-likeness (QED) is 0.0164. The smallest absolute Gasteiger partial charge is 0.328 e. The van der Waals surface area contributed by atoms with Crippen LogP contribution in [0.15, 0.2) is 66.8 Å². The summed E-state index contributed by atoms with van der Waals surface area (Å²) in [5, 5.41) is 134. The van der Waals surface area contributed by atoms with Gasteiger partial charge >= 0.3 is 77.7 Å². The minimum Gasteiger partial charge on any atom is -0.508 e. The molecule has 31 heteroatoms. The molecule has 766 valence electrons. The molecule has 0 saturated carbocycles. The van der Waals surface area contributed by atoms with Crippen LogP contribution in [0.3, 0.4) is 0 Å². The van der Waals surface area contributed by atoms with Gasteiger partial charge in [-0.3, -0.25) is 52.7 Å². The van der Waals surface area contributed by atoms with Crippen molar-refractivity contribution in [2.75, 3.05) is 20.3 Å². The van der Waals surface area contributed by atoms with E-state index in [0.717, 1.165) is 108 Å². The van der Waals surface area contributed by atoms with Crippen LogP contribution >= 0.6 is 0 Å². The molecule has 0 radical (unpaired) electrons. The fourth-order valence-corrected chi connectivity index (χ4v) is 11.0. The van der Waals surface area contributed by atoms with Gasteiger partial charge in [0.25, 0.3) is 0 Å². The van der Waals surface area contributed by atoms with Gasteiger partial charge in [-0.25, -0.2) is 9.59 Å². The molecular formula is C100H182N2O29. The lowest BCUT2D eigenvalue weighted by atomic mass is 10.0. The van der Waals surface area contributed by atoms with Crippen LogP contribution in [0.5, 0.6) is 5.75 Å². The Bertz CT molecular complexity index is 2830. The zero-order valence-corrected chi connectivity index (χ0v) is 81.2. The normalized spacial score (nSPS) is 10.2. The molecule has 0 bridgehead atoms. The number of allylic oxidation sites excluding steroid dienone is 6. The number of urea groups is 1. The van der Waals surface area contributed by atoms with E-state index in [4.69, 9.17) is 81.7 Å². The number of carboxylic acid groups (broad SMARTS) is 12. The van der Waals surface area contributed by atoms with Crippen LogP contribution in [-0.2, 0) is 57.5 Å². The fourth-order valence-electron chi connectivity index (χ4n) is 11.0. The summed E-state index contributed by atoms with van der Waals surface area (Å²) in [6.45, 7) is 10.3. The predicted molar refractivity (Wildman–Crippen MR) is 519 cm³/mol. The number of carbonyl (C=O) groups is 13. The number of hydrogen-bond donors (Lipinski definition) is 18. The molecule has 1 aromatic rings. The number of aliphatic hydroxyl groups is 3. The van der Waals surface area contributed by atoms with Crippen molar-refractivity contribution in [1.29, 1.82) is 0 Å². The molecule has 0 saturated heterocycles. The number of carboxylic acids is 12. The number of carbonyl (C=O) groups excluding carboxylic acids is 1. The van der Waals surface area contributed by atoms with Crippen molar-refractivity contribution in [1.82, 2.24) is 5.32 Å². The second kappa shape index (κ2) is 125. The maximum absolute atomic E-state index is 10.3. The molecule has 0 atom stereocenters. The van der Waals surface area contributed by atoms with E-state index in [2.05, 4.69) is 82.1 Å². The van der Waals surface area contributed by atoms with Crippen LogP contribution in [0.25, 0.3) is 6.08 Å². The third-order valence-electron chi connectivity index (χ3n) is 18.6. The van der Waals surface area contributed by atoms with Crippen molar-refractivity contribution in [3.63, 3.8) is 0 Å². The molecular weight excluding hydrogens is 1690 g/mol. The average Bonchev–Trinajstić information content (AvgIpc) is 0.927. The number of phenolic OH excluding ortho intramolecular Hbond substituents is 1. The van der Waals surface area contributed by atoms with Crippen molar-refractivity contribution in [2.24, 2.45) is 5.73 Å². The first-order valence-electron chi connectivity index (χ1n) is 48.4. The molecule has 0 spiro atoms. The van der Waals surface area contributed by atoms with E-state index in [9.17, 15) is 62.3 Å². The van der Waals surface area contributed by atoms with Crippen molar-refractivity contribution in [3.05, 3.63) is 72.4 Å². The Morgan fingerprint density at radius 1 is 0.275 bits per heavy atom. The second-order valence-electron chi connectivity index (χ2n) is 31.5. The van der Waals surface area contributed by atoms with Gasteiger partial charge in [-0.05, 0) is 139 Å². The standard InChI is InChI=1S/C18H34O2.C18H32O2.C16H32O2.C10H20O2.C9H8O3.C8H14O4.C6H10O4.C6H12O2.C4H6O4.C3H8O3.C2H6N2O/c2*1-2-3-4-5-6-7-8-9-10-11-12-13-14-15-16-17-18(19)20;1-2-3-4-5-6-7-8-9-10-11-12-13-14-15-16(17)18;1-2-3-4-5-6-7-8-9-10(11)12;10-8-4-1-7(2-5-8)3-6-9(11)12;9-7(10)5-3-1-2-4-6-8(11)12;7-5(8)3-1-2-4-6(9)10;1-2-3-4-5-6(7)8;5-3(6)1-2-4(7)8;4-1-3(6)2-5;1-4-2(3)5/h9-10H,2-8,11-17H2,1H3,(H,19,20);6-7,9-10H,2-5,8,11-17H2,1H3,(H,19,20);2-15H2,1H3,(H,17,18);2-9H2,1H3,(H,11,12);1-6,10H,(H,11,12);1-6H2,(H,9,10)(H,11,12);1-4H2,(H,7,8)(H,9,10);2-5H2,1H3,(H,7,8);1-2H2,(H,5,6)(H,7,8);3-6H,1-2H2;1H3,(H3,3,4,5)/b10-9-;7-6-,10-9-;;;6-3+;;;;;;. The highest BCUT2D eigenvalue weighted by Gasteiger charge is 2.05. The van der Waals surface area contributed by atoms with E-state index in [0.29, 0.717) is 57.8 Å². The van der Waals surface area contributed by atoms with E-state index < -0.39 is 83.8 Å². The van der Waals surface area contributed by atoms with E-state index >= 15 is 0 Å². The number of nitrogens with two attached hydrogens (primary N) is 1. The van der Waals surface area contributed by atoms with Crippen LogP contribution in [0.2, 0.25) is 0 Å². The molecule has 1 aromatic carbocycles. The molecule has 0 aliphatic rings. The molecule has 2 amide bonds. The van der Waals surface area contributed by atoms with Gasteiger partial charge in [0.05, 0.1) is 26.1 Å². The van der Waals surface area contributed by atoms with Crippen LogP contribution in [0.4, 0.5) is 4.79 Å². The lowest BCUT2D eigenvalue weighted by Gasteiger charge is -2.02. The van der Waals surface area contributed by atoms with E-state index in [1.807, 2.05) is 0 Å². The maximum Gasteiger partial charge on any atom is 0.328 e. The summed E-state index contributed by atoms with van der Waals surface area (Å²) in [6.07, 6.45) is 78.0. The Morgan fingerprint density at radius 3 is 0.634 bits per heavy atom. The molecule has 0 heterocycles. The summed E-state index contributed by atoms with van der Waals surface area (Å²) in [7, 11) is 1.47. The third kappa shape index (κ3) is 186. The number of phenols is 1. The van der Waals surface area contributed by atoms with Crippen LogP contribution in [0.1, 0.15) is 451 Å². The first kappa shape index (κ1) is 142. The lowest BCUT2D eigenvalue weighted by molar-refractivity contribution is -0.143. The first-order valence-corrected chi connectivity index (χ1v) is 48.4. The summed E-state index contributed by atoms with van der Waals surface area (Å²) >= 11 is 0. The minimum absolute atomic E-state index is 0.0628. The Morgan fingerprint density at radius 2 is 0.443 bits per heavy atom. The summed E-state index contributed by atoms with van der Waals surface area (Å²) in [4.78, 5) is 130. The first-order chi connectivity index (χ1) is 62.5. The van der Waals surface area contributed by atoms with Gasteiger partial charge in [-0.1, -0.05) is 308 Å². The zero-order valence-electron chi connectivity index (χ0n) is 81.2. The number of rotatable bonds is 74. The van der Waals surface area contributed by atoms with Gasteiger partial charge in [-0.15, -0.1) is 0 Å². The third-order valence-corrected chi connectivity index (χ3v) is 18.6. The predicted octanol–water partition coefficient (Wildman–Crippen LogP) is 23.7. The number of unbranched alkanes of at least 4 members (excludes halogenated alkanes) is 43. The lowest BCUT2D eigenvalue weighted by Crippen LogP contribution is -2.24. The highest BCUT2D eigenvalue weighted by Crippen LogP contribution is 2.17. The molecule has 0 aliphatic carbocycles. The molecule has 0 fully saturated rings. The van der Waals surface area contributed by atoms with Crippen molar-refractivity contribution in [3.8, 4) is 5.75 Å². The summed E-state index contributed by atoms with van der Waals surface area (Å²) < 4.78 is 0. The zero-order chi connectivity index (χ0) is 101. The van der Waals surface area contributed by atoms with Gasteiger partial charge in [0.2, 0.25) is 0 Å². The highest BCUT2D eigenvalue weighted by atomic mass is 16.4. The summed E-state index contributed by atoms with van der Waals surface area (Å²) in [5.41, 5.74) is 5.29. The number of aromatic hydroxyl groups is 1. The Balaban J connectivity index is -0.000000157. The molecule has 0 aromatic heterocycles. The number of amides is 2. The number of aliphatic carboxylic acids is 12. The topological polar surface area (TPSA) is 584 Å². The molecule has 1 rings (SSSR count). The number of benzene rings is 1. The number of nitrogens with one attached hydrogen (secondary N) is 1. The molecule has 19 N–H and O–H groups in total. The van der Waals surface area contributed by atoms with Crippen LogP contribution in [0, 0.1) is 0 Å². The number of hydrogen-bond acceptors (Lipinski definition) is 17. The van der Waals surface area contributed by atoms with Gasteiger partial charge in [0, 0.05) is 70.9 Å². The van der Waals surface area contributed by atoms with Crippen molar-refractivity contribution in [2.45, 2.75) is 452 Å². The van der Waals surface area contributed by atoms with E-state index in [1.54, 1.807) is 12.1 Å². The number of aliphatic hydroxyl groups excluding tert-OH is 3. The largest absolute Gasteiger partial charge is 0.508 e. The van der Waals surface area contributed by atoms with Gasteiger partial charge < -0.3 is 92.8 Å². The van der Waals surface area contributed by atoms with Gasteiger partial charge in [0.1, 0.15) is 11.9 Å². The Kier molecular flexibility index (Phi) is 136. The second-order valence-corrected chi connectivity index (χ2v) is 31.5. The van der Waals surface area contributed by atoms with Gasteiger partial charge in [0.15, 0.2) is 0 Å². The molecule has 31 nitrogen and oxygen atoms in total. The van der Waals surface area contributed by atoms with Crippen LogP contribution in [-0.4, -0.2) is 186 Å². The molecule has 0 unspecified atom stereocenters. The highest BCUT2D eigenvalue weighted by molar-refractivity contribution is 5.85. The maximum atomic E-state index is 10.3. The fraction of sp³-hybridized carbons (Fsp3) is 0.730. The van der Waals surface area contributed by atoms with E-state index in [1.165, 1.54) is 244 Å². The SMILES string of the molecule is CCCCC/C=C\C/C=C\CCCCCCCC(=O)O.CCCCCC(=O)O.CCCCCCCC/C=C\CCCCCCCC(=O)O.CCCCCCCCCC(=O)O.CCCCCCCCCCCCCCCC(=O)O.CNC(N)=O.O=C(O)/C=C/c1ccc(O)cc1.O=C(O)CCC(=O)O.O=C(O)CCCCC(=O)O.O=C(O)CCCCCCC(=O)O.OCC(O)CO. The van der Waals surface area contributed by atoms with Gasteiger partial charge in [-0.2, -0.15) is 0 Å². The Hall–Kier alpha value is -9.23. The minimum atomic E-state index is -1.08. The monoisotopic (exact) mass is 1880 g/mol. The summed E-state index contributed by atoms with van der Waals surface area (Å²) in [5.74, 6) is -9.61. The average molecular weight is 1880 g/mol. The van der Waals surface area contributed by atoms with Crippen molar-refractivity contribution < 1.29 is 144 Å². The molecule has 131 heavy (non-hydrogen) atoms. The number of primary amides is 1. The molecule has 0 aliphatic heterocycles. The van der Waals surface area contributed by atoms with E-state index in [-0.39, 0.29) is 57.5 Å². The summed E-state index contributed by atoms with van der Waals surface area (Å²) in [6, 6.07) is 5.78.